The van der Waals surface area contributed by atoms with Gasteiger partial charge in [-0.25, -0.2) is 14.5 Å². The van der Waals surface area contributed by atoms with Crippen molar-refractivity contribution < 1.29 is 18.3 Å². The third kappa shape index (κ3) is 3.84. The zero-order chi connectivity index (χ0) is 19.7. The SMILES string of the molecule is O=C(O)NS(=O)(=O)Nc1ccc2nc(N[C@@H]3CCc4ccccc43)ccc2c1. The van der Waals surface area contributed by atoms with Crippen LogP contribution in [-0.2, 0) is 16.6 Å². The minimum Gasteiger partial charge on any atom is -0.464 e. The number of hydrogen-bond acceptors (Lipinski definition) is 5. The Morgan fingerprint density at radius 1 is 1.11 bits per heavy atom. The van der Waals surface area contributed by atoms with Gasteiger partial charge in [0, 0.05) is 5.39 Å². The van der Waals surface area contributed by atoms with Gasteiger partial charge in [0.15, 0.2) is 0 Å². The van der Waals surface area contributed by atoms with Crippen LogP contribution in [0.4, 0.5) is 16.3 Å². The fraction of sp³-hybridized carbons (Fsp3) is 0.158. The molecule has 4 rings (SSSR count). The highest BCUT2D eigenvalue weighted by Gasteiger charge is 2.22. The van der Waals surface area contributed by atoms with Crippen molar-refractivity contribution in [1.29, 1.82) is 0 Å². The average molecular weight is 398 g/mol. The molecule has 9 heteroatoms. The topological polar surface area (TPSA) is 120 Å². The summed E-state index contributed by atoms with van der Waals surface area (Å²) < 4.78 is 26.9. The highest BCUT2D eigenvalue weighted by Crippen LogP contribution is 2.33. The Kier molecular flexibility index (Phi) is 4.52. The van der Waals surface area contributed by atoms with E-state index in [1.807, 2.05) is 24.3 Å². The lowest BCUT2D eigenvalue weighted by Gasteiger charge is -2.15. The summed E-state index contributed by atoms with van der Waals surface area (Å²) in [5, 5.41) is 12.8. The minimum atomic E-state index is -4.19. The first-order valence-corrected chi connectivity index (χ1v) is 10.2. The molecule has 3 aromatic rings. The number of carbonyl (C=O) groups is 1. The number of pyridine rings is 1. The van der Waals surface area contributed by atoms with Gasteiger partial charge in [0.2, 0.25) is 0 Å². The van der Waals surface area contributed by atoms with Gasteiger partial charge in [-0.15, -0.1) is 0 Å². The van der Waals surface area contributed by atoms with Crippen LogP contribution >= 0.6 is 0 Å². The second-order valence-electron chi connectivity index (χ2n) is 6.55. The van der Waals surface area contributed by atoms with Gasteiger partial charge in [-0.2, -0.15) is 8.42 Å². The van der Waals surface area contributed by atoms with Crippen LogP contribution in [0.15, 0.2) is 54.6 Å². The van der Waals surface area contributed by atoms with E-state index in [1.165, 1.54) is 21.9 Å². The number of aromatic nitrogens is 1. The second kappa shape index (κ2) is 7.01. The molecule has 1 aromatic heterocycles. The summed E-state index contributed by atoms with van der Waals surface area (Å²) in [4.78, 5) is 15.1. The van der Waals surface area contributed by atoms with Crippen molar-refractivity contribution in [2.24, 2.45) is 0 Å². The van der Waals surface area contributed by atoms with Crippen molar-refractivity contribution in [3.05, 3.63) is 65.7 Å². The first kappa shape index (κ1) is 18.1. The fourth-order valence-electron chi connectivity index (χ4n) is 3.45. The van der Waals surface area contributed by atoms with E-state index in [0.717, 1.165) is 24.0 Å². The number of benzene rings is 2. The van der Waals surface area contributed by atoms with E-state index < -0.39 is 16.3 Å². The fourth-order valence-corrected chi connectivity index (χ4v) is 4.17. The number of nitrogens with zero attached hydrogens (tertiary/aromatic N) is 1. The molecule has 0 spiro atoms. The number of anilines is 2. The largest absolute Gasteiger partial charge is 0.464 e. The number of aryl methyl sites for hydroxylation is 1. The molecule has 0 unspecified atom stereocenters. The average Bonchev–Trinajstić information content (AvgIpc) is 3.03. The number of nitrogens with one attached hydrogen (secondary N) is 3. The van der Waals surface area contributed by atoms with Gasteiger partial charge in [0.1, 0.15) is 5.82 Å². The predicted octanol–water partition coefficient (Wildman–Crippen LogP) is 3.26. The summed E-state index contributed by atoms with van der Waals surface area (Å²) in [7, 11) is -4.19. The van der Waals surface area contributed by atoms with Crippen LogP contribution in [0.5, 0.6) is 0 Å². The van der Waals surface area contributed by atoms with E-state index in [-0.39, 0.29) is 11.7 Å². The van der Waals surface area contributed by atoms with E-state index in [0.29, 0.717) is 5.52 Å². The molecule has 28 heavy (non-hydrogen) atoms. The Morgan fingerprint density at radius 2 is 1.93 bits per heavy atom. The van der Waals surface area contributed by atoms with Gasteiger partial charge in [-0.3, -0.25) is 4.72 Å². The molecule has 1 heterocycles. The molecule has 1 amide bonds. The molecule has 4 N–H and O–H groups in total. The number of hydrogen-bond donors (Lipinski definition) is 4. The summed E-state index contributed by atoms with van der Waals surface area (Å²) in [6, 6.07) is 17.1. The molecule has 0 saturated heterocycles. The molecule has 144 valence electrons. The third-order valence-electron chi connectivity index (χ3n) is 4.62. The van der Waals surface area contributed by atoms with E-state index in [2.05, 4.69) is 27.2 Å². The van der Waals surface area contributed by atoms with Crippen molar-refractivity contribution in [3.63, 3.8) is 0 Å². The molecular weight excluding hydrogens is 380 g/mol. The summed E-state index contributed by atoms with van der Waals surface area (Å²) in [6.45, 7) is 0. The number of rotatable bonds is 5. The lowest BCUT2D eigenvalue weighted by Crippen LogP contribution is -2.34. The van der Waals surface area contributed by atoms with Crippen molar-refractivity contribution in [1.82, 2.24) is 9.71 Å². The molecule has 1 aliphatic rings. The van der Waals surface area contributed by atoms with Crippen LogP contribution in [0, 0.1) is 0 Å². The maximum atomic E-state index is 11.7. The molecule has 0 radical (unpaired) electrons. The molecule has 0 bridgehead atoms. The van der Waals surface area contributed by atoms with Crippen molar-refractivity contribution in [2.45, 2.75) is 18.9 Å². The summed E-state index contributed by atoms with van der Waals surface area (Å²) >= 11 is 0. The monoisotopic (exact) mass is 398 g/mol. The molecule has 2 aromatic carbocycles. The van der Waals surface area contributed by atoms with Crippen molar-refractivity contribution in [2.75, 3.05) is 10.0 Å². The van der Waals surface area contributed by atoms with Crippen LogP contribution in [0.25, 0.3) is 10.9 Å². The maximum absolute atomic E-state index is 11.7. The standard InChI is InChI=1S/C19H18N4O4S/c24-19(25)23-28(26,27)22-14-7-9-16-13(11-14)6-10-18(20-16)21-17-8-5-12-3-1-2-4-15(12)17/h1-4,6-7,9-11,17,22-23H,5,8H2,(H,20,21)(H,24,25)/t17-/m1/s1. The lowest BCUT2D eigenvalue weighted by atomic mass is 10.1. The van der Waals surface area contributed by atoms with Crippen molar-refractivity contribution >= 4 is 38.7 Å². The summed E-state index contributed by atoms with van der Waals surface area (Å²) in [5.41, 5.74) is 3.59. The van der Waals surface area contributed by atoms with Crippen LogP contribution in [0.3, 0.4) is 0 Å². The highest BCUT2D eigenvalue weighted by atomic mass is 32.2. The van der Waals surface area contributed by atoms with Gasteiger partial charge in [-0.1, -0.05) is 24.3 Å². The molecule has 1 atom stereocenters. The Balaban J connectivity index is 1.53. The van der Waals surface area contributed by atoms with E-state index >= 15 is 0 Å². The number of fused-ring (bicyclic) bond motifs is 2. The lowest BCUT2D eigenvalue weighted by molar-refractivity contribution is 0.201. The number of amides is 1. The van der Waals surface area contributed by atoms with Gasteiger partial charge < -0.3 is 10.4 Å². The van der Waals surface area contributed by atoms with Crippen LogP contribution < -0.4 is 14.8 Å². The van der Waals surface area contributed by atoms with Crippen molar-refractivity contribution in [3.8, 4) is 0 Å². The van der Waals surface area contributed by atoms with Crippen LogP contribution in [0.1, 0.15) is 23.6 Å². The molecular formula is C19H18N4O4S. The molecule has 0 fully saturated rings. The van der Waals surface area contributed by atoms with Gasteiger partial charge in [-0.05, 0) is 54.3 Å². The first-order chi connectivity index (χ1) is 13.4. The van der Waals surface area contributed by atoms with Gasteiger partial charge in [0.25, 0.3) is 0 Å². The van der Waals surface area contributed by atoms with E-state index in [4.69, 9.17) is 5.11 Å². The van der Waals surface area contributed by atoms with E-state index in [9.17, 15) is 13.2 Å². The highest BCUT2D eigenvalue weighted by molar-refractivity contribution is 7.91. The number of carboxylic acid groups (broad SMARTS) is 1. The first-order valence-electron chi connectivity index (χ1n) is 8.68. The normalized spacial score (nSPS) is 15.8. The van der Waals surface area contributed by atoms with Gasteiger partial charge in [0.05, 0.1) is 17.2 Å². The Labute approximate surface area is 161 Å². The van der Waals surface area contributed by atoms with E-state index in [1.54, 1.807) is 12.1 Å². The van der Waals surface area contributed by atoms with Crippen LogP contribution in [-0.4, -0.2) is 24.6 Å². The molecule has 1 aliphatic carbocycles. The Hall–Kier alpha value is -3.33. The Morgan fingerprint density at radius 3 is 2.75 bits per heavy atom. The zero-order valence-corrected chi connectivity index (χ0v) is 15.5. The zero-order valence-electron chi connectivity index (χ0n) is 14.7. The molecule has 8 nitrogen and oxygen atoms in total. The predicted molar refractivity (Wildman–Crippen MR) is 107 cm³/mol. The Bertz CT molecular complexity index is 1160. The summed E-state index contributed by atoms with van der Waals surface area (Å²) in [5.74, 6) is 0.745. The molecule has 0 saturated carbocycles. The molecule has 0 aliphatic heterocycles. The quantitative estimate of drug-likeness (QED) is 0.524. The maximum Gasteiger partial charge on any atom is 0.419 e. The van der Waals surface area contributed by atoms with Crippen LogP contribution in [0.2, 0.25) is 0 Å². The second-order valence-corrected chi connectivity index (χ2v) is 7.97. The smallest absolute Gasteiger partial charge is 0.419 e. The third-order valence-corrected chi connectivity index (χ3v) is 5.57. The summed E-state index contributed by atoms with van der Waals surface area (Å²) in [6.07, 6.45) is 0.394. The van der Waals surface area contributed by atoms with Gasteiger partial charge >= 0.3 is 16.3 Å². The minimum absolute atomic E-state index is 0.217.